The minimum atomic E-state index is -0.442. The third kappa shape index (κ3) is 1.89. The van der Waals surface area contributed by atoms with Crippen molar-refractivity contribution in [3.8, 4) is 17.2 Å². The van der Waals surface area contributed by atoms with Crippen LogP contribution in [-0.2, 0) is 10.2 Å². The molecule has 1 aromatic rings. The van der Waals surface area contributed by atoms with Crippen molar-refractivity contribution in [2.45, 2.75) is 5.41 Å². The molecule has 1 aliphatic heterocycles. The maximum atomic E-state index is 9.63. The van der Waals surface area contributed by atoms with Crippen LogP contribution in [0, 0.1) is 0 Å². The molecule has 0 radical (unpaired) electrons. The molecule has 0 saturated carbocycles. The van der Waals surface area contributed by atoms with Crippen LogP contribution in [0.3, 0.4) is 0 Å². The van der Waals surface area contributed by atoms with E-state index in [2.05, 4.69) is 0 Å². The standard InChI is InChI=1S/C13H18O5/c1-15-9-4-10(16-2)12(11(5-9)17-3)13(6-14)7-18-8-13/h4-5,14H,6-8H2,1-3H3. The first-order valence-corrected chi connectivity index (χ1v) is 5.70. The molecular weight excluding hydrogens is 236 g/mol. The van der Waals surface area contributed by atoms with Crippen LogP contribution in [0.4, 0.5) is 0 Å². The number of ether oxygens (including phenoxy) is 4. The van der Waals surface area contributed by atoms with E-state index in [1.807, 2.05) is 0 Å². The first-order valence-electron chi connectivity index (χ1n) is 5.70. The van der Waals surface area contributed by atoms with Gasteiger partial charge in [0.25, 0.3) is 0 Å². The Bertz CT molecular complexity index is 395. The Morgan fingerprint density at radius 3 is 1.94 bits per heavy atom. The lowest BCUT2D eigenvalue weighted by atomic mass is 9.78. The van der Waals surface area contributed by atoms with Crippen LogP contribution in [0.5, 0.6) is 17.2 Å². The summed E-state index contributed by atoms with van der Waals surface area (Å²) in [5, 5.41) is 9.63. The van der Waals surface area contributed by atoms with E-state index in [-0.39, 0.29) is 6.61 Å². The molecule has 0 atom stereocenters. The van der Waals surface area contributed by atoms with Gasteiger partial charge in [-0.15, -0.1) is 0 Å². The molecule has 5 nitrogen and oxygen atoms in total. The summed E-state index contributed by atoms with van der Waals surface area (Å²) in [5.41, 5.74) is 0.394. The Kier molecular flexibility index (Phi) is 3.63. The van der Waals surface area contributed by atoms with Crippen molar-refractivity contribution < 1.29 is 24.1 Å². The molecule has 100 valence electrons. The largest absolute Gasteiger partial charge is 0.496 e. The Morgan fingerprint density at radius 1 is 1.11 bits per heavy atom. The summed E-state index contributed by atoms with van der Waals surface area (Å²) in [7, 11) is 4.76. The summed E-state index contributed by atoms with van der Waals surface area (Å²) in [6.07, 6.45) is 0. The van der Waals surface area contributed by atoms with E-state index >= 15 is 0 Å². The minimum Gasteiger partial charge on any atom is -0.496 e. The molecule has 0 unspecified atom stereocenters. The van der Waals surface area contributed by atoms with Crippen molar-refractivity contribution in [3.05, 3.63) is 17.7 Å². The van der Waals surface area contributed by atoms with Crippen LogP contribution in [0.15, 0.2) is 12.1 Å². The van der Waals surface area contributed by atoms with Gasteiger partial charge in [0.2, 0.25) is 0 Å². The first-order chi connectivity index (χ1) is 8.70. The van der Waals surface area contributed by atoms with Gasteiger partial charge in [-0.25, -0.2) is 0 Å². The molecule has 1 N–H and O–H groups in total. The van der Waals surface area contributed by atoms with Crippen LogP contribution in [0.2, 0.25) is 0 Å². The third-order valence-electron chi connectivity index (χ3n) is 3.30. The van der Waals surface area contributed by atoms with Gasteiger partial charge < -0.3 is 24.1 Å². The molecule has 0 aromatic heterocycles. The SMILES string of the molecule is COc1cc(OC)c(C2(CO)COC2)c(OC)c1. The van der Waals surface area contributed by atoms with Crippen LogP contribution in [-0.4, -0.2) is 46.3 Å². The first kappa shape index (κ1) is 13.0. The fraction of sp³-hybridized carbons (Fsp3) is 0.538. The molecule has 2 rings (SSSR count). The summed E-state index contributed by atoms with van der Waals surface area (Å²) in [6, 6.07) is 3.57. The molecule has 0 aliphatic carbocycles. The van der Waals surface area contributed by atoms with Crippen molar-refractivity contribution in [2.75, 3.05) is 41.2 Å². The van der Waals surface area contributed by atoms with Crippen LogP contribution in [0.25, 0.3) is 0 Å². The van der Waals surface area contributed by atoms with Gasteiger partial charge in [-0.1, -0.05) is 0 Å². The molecule has 1 fully saturated rings. The number of hydrogen-bond acceptors (Lipinski definition) is 5. The minimum absolute atomic E-state index is 0.00789. The monoisotopic (exact) mass is 254 g/mol. The maximum absolute atomic E-state index is 9.63. The zero-order valence-electron chi connectivity index (χ0n) is 10.9. The highest BCUT2D eigenvalue weighted by molar-refractivity contribution is 5.55. The highest BCUT2D eigenvalue weighted by atomic mass is 16.5. The highest BCUT2D eigenvalue weighted by Gasteiger charge is 2.44. The predicted octanol–water partition coefficient (Wildman–Crippen LogP) is 0.973. The van der Waals surface area contributed by atoms with Crippen molar-refractivity contribution in [1.82, 2.24) is 0 Å². The second kappa shape index (κ2) is 5.04. The van der Waals surface area contributed by atoms with Gasteiger partial charge in [0.1, 0.15) is 17.2 Å². The molecule has 1 aromatic carbocycles. The lowest BCUT2D eigenvalue weighted by molar-refractivity contribution is -0.0858. The summed E-state index contributed by atoms with van der Waals surface area (Å²) < 4.78 is 21.2. The van der Waals surface area contributed by atoms with E-state index in [4.69, 9.17) is 18.9 Å². The molecule has 1 saturated heterocycles. The zero-order valence-corrected chi connectivity index (χ0v) is 10.9. The molecule has 1 heterocycles. The summed E-state index contributed by atoms with van der Waals surface area (Å²) in [6.45, 7) is 0.914. The Morgan fingerprint density at radius 2 is 1.67 bits per heavy atom. The van der Waals surface area contributed by atoms with Crippen molar-refractivity contribution in [1.29, 1.82) is 0 Å². The van der Waals surface area contributed by atoms with E-state index < -0.39 is 5.41 Å². The van der Waals surface area contributed by atoms with Gasteiger partial charge in [-0.05, 0) is 0 Å². The summed E-state index contributed by atoms with van der Waals surface area (Å²) in [4.78, 5) is 0. The average Bonchev–Trinajstić information content (AvgIpc) is 2.37. The zero-order chi connectivity index (χ0) is 13.2. The van der Waals surface area contributed by atoms with Gasteiger partial charge in [-0.3, -0.25) is 0 Å². The quantitative estimate of drug-likeness (QED) is 0.848. The normalized spacial score (nSPS) is 16.9. The molecule has 18 heavy (non-hydrogen) atoms. The van der Waals surface area contributed by atoms with Crippen molar-refractivity contribution >= 4 is 0 Å². The number of aliphatic hydroxyl groups excluding tert-OH is 1. The number of benzene rings is 1. The fourth-order valence-electron chi connectivity index (χ4n) is 2.19. The van der Waals surface area contributed by atoms with Gasteiger partial charge in [0.15, 0.2) is 0 Å². The second-order valence-electron chi connectivity index (χ2n) is 4.34. The second-order valence-corrected chi connectivity index (χ2v) is 4.34. The number of aliphatic hydroxyl groups is 1. The van der Waals surface area contributed by atoms with E-state index in [9.17, 15) is 5.11 Å². The third-order valence-corrected chi connectivity index (χ3v) is 3.30. The Balaban J connectivity index is 2.56. The van der Waals surface area contributed by atoms with E-state index in [0.717, 1.165) is 5.56 Å². The Labute approximate surface area is 106 Å². The molecule has 0 amide bonds. The lowest BCUT2D eigenvalue weighted by Gasteiger charge is -2.41. The van der Waals surface area contributed by atoms with E-state index in [1.54, 1.807) is 33.5 Å². The van der Waals surface area contributed by atoms with Gasteiger partial charge in [0, 0.05) is 17.7 Å². The highest BCUT2D eigenvalue weighted by Crippen LogP contribution is 2.45. The molecule has 0 spiro atoms. The molecular formula is C13H18O5. The summed E-state index contributed by atoms with van der Waals surface area (Å²) in [5.74, 6) is 1.94. The predicted molar refractivity (Wildman–Crippen MR) is 65.7 cm³/mol. The summed E-state index contributed by atoms with van der Waals surface area (Å²) >= 11 is 0. The van der Waals surface area contributed by atoms with Crippen molar-refractivity contribution in [3.63, 3.8) is 0 Å². The fourth-order valence-corrected chi connectivity index (χ4v) is 2.19. The van der Waals surface area contributed by atoms with Crippen LogP contribution >= 0.6 is 0 Å². The van der Waals surface area contributed by atoms with E-state index in [1.165, 1.54) is 0 Å². The Hall–Kier alpha value is -1.46. The molecule has 5 heteroatoms. The van der Waals surface area contributed by atoms with Crippen molar-refractivity contribution in [2.24, 2.45) is 0 Å². The van der Waals surface area contributed by atoms with Gasteiger partial charge in [-0.2, -0.15) is 0 Å². The van der Waals surface area contributed by atoms with Crippen LogP contribution in [0.1, 0.15) is 5.56 Å². The number of hydrogen-bond donors (Lipinski definition) is 1. The number of rotatable bonds is 5. The van der Waals surface area contributed by atoms with Gasteiger partial charge in [0.05, 0.1) is 46.6 Å². The smallest absolute Gasteiger partial charge is 0.130 e. The van der Waals surface area contributed by atoms with Crippen LogP contribution < -0.4 is 14.2 Å². The molecule has 0 bridgehead atoms. The van der Waals surface area contributed by atoms with E-state index in [0.29, 0.717) is 30.5 Å². The topological polar surface area (TPSA) is 57.2 Å². The van der Waals surface area contributed by atoms with Gasteiger partial charge >= 0.3 is 0 Å². The molecule has 1 aliphatic rings. The lowest BCUT2D eigenvalue weighted by Crippen LogP contribution is -2.50. The maximum Gasteiger partial charge on any atom is 0.130 e. The number of methoxy groups -OCH3 is 3. The average molecular weight is 254 g/mol.